The van der Waals surface area contributed by atoms with Gasteiger partial charge in [0.15, 0.2) is 0 Å². The maximum Gasteiger partial charge on any atom is 0.227 e. The van der Waals surface area contributed by atoms with Crippen molar-refractivity contribution in [2.45, 2.75) is 39.0 Å². The van der Waals surface area contributed by atoms with Crippen molar-refractivity contribution in [2.75, 3.05) is 45.7 Å². The number of amides is 1. The molecule has 2 heterocycles. The summed E-state index contributed by atoms with van der Waals surface area (Å²) in [7, 11) is 6.05. The van der Waals surface area contributed by atoms with Crippen molar-refractivity contribution >= 4 is 11.6 Å². The van der Waals surface area contributed by atoms with Crippen LogP contribution in [-0.2, 0) is 17.8 Å². The van der Waals surface area contributed by atoms with E-state index in [1.807, 2.05) is 56.3 Å². The number of anilines is 1. The van der Waals surface area contributed by atoms with Crippen molar-refractivity contribution in [3.8, 4) is 5.75 Å². The third kappa shape index (κ3) is 5.99. The number of nitrogens with zero attached hydrogens (tertiary/aromatic N) is 4. The zero-order valence-corrected chi connectivity index (χ0v) is 19.9. The van der Waals surface area contributed by atoms with Crippen LogP contribution >= 0.6 is 0 Å². The first-order valence-electron chi connectivity index (χ1n) is 11.2. The molecule has 1 amide bonds. The maximum atomic E-state index is 13.2. The lowest BCUT2D eigenvalue weighted by Gasteiger charge is -2.34. The summed E-state index contributed by atoms with van der Waals surface area (Å²) >= 11 is 0. The molecule has 0 saturated heterocycles. The predicted molar refractivity (Wildman–Crippen MR) is 127 cm³/mol. The minimum atomic E-state index is -0.237. The van der Waals surface area contributed by atoms with Crippen LogP contribution in [0.4, 0.5) is 5.69 Å². The van der Waals surface area contributed by atoms with Gasteiger partial charge in [0.05, 0.1) is 19.1 Å². The highest BCUT2D eigenvalue weighted by molar-refractivity contribution is 5.80. The summed E-state index contributed by atoms with van der Waals surface area (Å²) in [6.45, 7) is 6.00. The molecule has 1 aliphatic heterocycles. The van der Waals surface area contributed by atoms with Crippen LogP contribution in [0.3, 0.4) is 0 Å². The van der Waals surface area contributed by atoms with E-state index in [-0.39, 0.29) is 37.0 Å². The number of hydrogen-bond acceptors (Lipinski definition) is 6. The molecule has 0 spiro atoms. The molecule has 0 unspecified atom stereocenters. The van der Waals surface area contributed by atoms with Gasteiger partial charge < -0.3 is 19.6 Å². The molecule has 0 aliphatic carbocycles. The highest BCUT2D eigenvalue weighted by Gasteiger charge is 2.31. The van der Waals surface area contributed by atoms with Crippen LogP contribution in [0.5, 0.6) is 5.75 Å². The zero-order chi connectivity index (χ0) is 23.3. The van der Waals surface area contributed by atoms with Crippen molar-refractivity contribution in [1.29, 1.82) is 0 Å². The Balaban J connectivity index is 1.89. The van der Waals surface area contributed by atoms with Gasteiger partial charge in [-0.05, 0) is 49.9 Å². The molecule has 32 heavy (non-hydrogen) atoms. The summed E-state index contributed by atoms with van der Waals surface area (Å²) in [6.07, 6.45) is 3.76. The average molecular weight is 441 g/mol. The minimum Gasteiger partial charge on any atom is -0.488 e. The van der Waals surface area contributed by atoms with E-state index in [2.05, 4.69) is 23.9 Å². The number of carbonyl (C=O) groups is 1. The van der Waals surface area contributed by atoms with Gasteiger partial charge in [-0.3, -0.25) is 14.7 Å². The smallest absolute Gasteiger partial charge is 0.227 e. The summed E-state index contributed by atoms with van der Waals surface area (Å²) in [5, 5.41) is 9.77. The van der Waals surface area contributed by atoms with E-state index in [1.54, 1.807) is 17.3 Å². The van der Waals surface area contributed by atoms with Gasteiger partial charge in [0, 0.05) is 63.3 Å². The van der Waals surface area contributed by atoms with Crippen molar-refractivity contribution in [3.63, 3.8) is 0 Å². The Morgan fingerprint density at radius 3 is 2.59 bits per heavy atom. The number of pyridine rings is 1. The summed E-state index contributed by atoms with van der Waals surface area (Å²) in [5.74, 6) is 0.869. The number of carbonyl (C=O) groups excluding carboxylic acids is 1. The van der Waals surface area contributed by atoms with E-state index >= 15 is 0 Å². The summed E-state index contributed by atoms with van der Waals surface area (Å²) in [6, 6.07) is 9.84. The molecule has 1 aromatic carbocycles. The molecule has 2 aromatic rings. The van der Waals surface area contributed by atoms with E-state index in [9.17, 15) is 9.90 Å². The maximum absolute atomic E-state index is 13.2. The van der Waals surface area contributed by atoms with Crippen LogP contribution in [0, 0.1) is 5.92 Å². The first kappa shape index (κ1) is 24.0. The lowest BCUT2D eigenvalue weighted by atomic mass is 10.0. The van der Waals surface area contributed by atoms with E-state index in [1.165, 1.54) is 5.56 Å². The Morgan fingerprint density at radius 2 is 1.94 bits per heavy atom. The van der Waals surface area contributed by atoms with Gasteiger partial charge in [-0.1, -0.05) is 6.92 Å². The molecule has 0 radical (unpaired) electrons. The van der Waals surface area contributed by atoms with Crippen molar-refractivity contribution < 1.29 is 14.6 Å². The average Bonchev–Trinajstić information content (AvgIpc) is 2.81. The molecular weight excluding hydrogens is 404 g/mol. The number of rotatable bonds is 7. The fraction of sp³-hybridized carbons (Fsp3) is 0.520. The predicted octanol–water partition coefficient (Wildman–Crippen LogP) is 2.43. The van der Waals surface area contributed by atoms with Crippen LogP contribution in [0.1, 0.15) is 25.0 Å². The third-order valence-corrected chi connectivity index (χ3v) is 6.11. The molecule has 7 heteroatoms. The molecule has 3 atom stereocenters. The second kappa shape index (κ2) is 10.8. The second-order valence-electron chi connectivity index (χ2n) is 9.13. The van der Waals surface area contributed by atoms with E-state index in [4.69, 9.17) is 4.74 Å². The summed E-state index contributed by atoms with van der Waals surface area (Å²) in [5.41, 5.74) is 3.10. The number of hydrogen-bond donors (Lipinski definition) is 1. The number of ether oxygens (including phenoxy) is 1. The van der Waals surface area contributed by atoms with Crippen LogP contribution in [0.2, 0.25) is 0 Å². The molecule has 7 nitrogen and oxygen atoms in total. The molecule has 1 N–H and O–H groups in total. The summed E-state index contributed by atoms with van der Waals surface area (Å²) in [4.78, 5) is 23.4. The van der Waals surface area contributed by atoms with Crippen LogP contribution < -0.4 is 9.64 Å². The Labute approximate surface area is 191 Å². The summed E-state index contributed by atoms with van der Waals surface area (Å²) < 4.78 is 6.57. The van der Waals surface area contributed by atoms with Gasteiger partial charge in [0.2, 0.25) is 5.91 Å². The lowest BCUT2D eigenvalue weighted by Crippen LogP contribution is -2.47. The highest BCUT2D eigenvalue weighted by Crippen LogP contribution is 2.30. The first-order valence-corrected chi connectivity index (χ1v) is 11.2. The van der Waals surface area contributed by atoms with Gasteiger partial charge in [0.1, 0.15) is 11.9 Å². The lowest BCUT2D eigenvalue weighted by molar-refractivity contribution is -0.134. The standard InChI is InChI=1S/C25H36N4O3/c1-18-14-29(19(2)17-30)25(31)13-21-12-22(27(3)4)6-7-23(21)32-24(18)16-28(5)15-20-8-10-26-11-9-20/h6-12,18-19,24,30H,13-17H2,1-5H3/t18-,19+,24-/m1/s1. The minimum absolute atomic E-state index is 0.0185. The zero-order valence-electron chi connectivity index (χ0n) is 19.9. The molecular formula is C25H36N4O3. The largest absolute Gasteiger partial charge is 0.488 e. The molecule has 1 aliphatic rings. The van der Waals surface area contributed by atoms with Crippen LogP contribution in [0.25, 0.3) is 0 Å². The fourth-order valence-electron chi connectivity index (χ4n) is 4.08. The Morgan fingerprint density at radius 1 is 1.22 bits per heavy atom. The highest BCUT2D eigenvalue weighted by atomic mass is 16.5. The van der Waals surface area contributed by atoms with Gasteiger partial charge in [-0.15, -0.1) is 0 Å². The van der Waals surface area contributed by atoms with Crippen LogP contribution in [0.15, 0.2) is 42.7 Å². The third-order valence-electron chi connectivity index (χ3n) is 6.11. The number of aromatic nitrogens is 1. The van der Waals surface area contributed by atoms with E-state index in [0.29, 0.717) is 13.1 Å². The Kier molecular flexibility index (Phi) is 8.10. The number of fused-ring (bicyclic) bond motifs is 1. The molecule has 1 aromatic heterocycles. The number of benzene rings is 1. The first-order chi connectivity index (χ1) is 15.3. The quantitative estimate of drug-likeness (QED) is 0.713. The molecule has 3 rings (SSSR count). The Hall–Kier alpha value is -2.64. The van der Waals surface area contributed by atoms with Crippen molar-refractivity contribution in [2.24, 2.45) is 5.92 Å². The monoisotopic (exact) mass is 440 g/mol. The normalized spacial score (nSPS) is 20.1. The van der Waals surface area contributed by atoms with Gasteiger partial charge in [-0.2, -0.15) is 0 Å². The van der Waals surface area contributed by atoms with E-state index < -0.39 is 0 Å². The SMILES string of the molecule is C[C@@H]1CN([C@@H](C)CO)C(=O)Cc2cc(N(C)C)ccc2O[C@@H]1CN(C)Cc1ccncc1. The molecule has 0 saturated carbocycles. The van der Waals surface area contributed by atoms with Crippen LogP contribution in [-0.4, -0.2) is 78.8 Å². The van der Waals surface area contributed by atoms with Gasteiger partial charge in [0.25, 0.3) is 0 Å². The second-order valence-corrected chi connectivity index (χ2v) is 9.13. The van der Waals surface area contributed by atoms with Crippen molar-refractivity contribution in [1.82, 2.24) is 14.8 Å². The number of aliphatic hydroxyl groups excluding tert-OH is 1. The van der Waals surface area contributed by atoms with Gasteiger partial charge in [-0.25, -0.2) is 0 Å². The van der Waals surface area contributed by atoms with Gasteiger partial charge >= 0.3 is 0 Å². The van der Waals surface area contributed by atoms with Crippen molar-refractivity contribution in [3.05, 3.63) is 53.9 Å². The Bertz CT molecular complexity index is 890. The molecule has 0 bridgehead atoms. The number of aliphatic hydroxyl groups is 1. The molecule has 174 valence electrons. The topological polar surface area (TPSA) is 69.1 Å². The number of likely N-dealkylation sites (N-methyl/N-ethyl adjacent to an activating group) is 1. The van der Waals surface area contributed by atoms with E-state index in [0.717, 1.165) is 23.5 Å². The molecule has 0 fully saturated rings. The fourth-order valence-corrected chi connectivity index (χ4v) is 4.08.